The van der Waals surface area contributed by atoms with E-state index in [4.69, 9.17) is 37.0 Å². The molecule has 612 valence electrons. The Labute approximate surface area is 632 Å². The predicted molar refractivity (Wildman–Crippen MR) is 423 cm³/mol. The molecule has 0 bridgehead atoms. The molecule has 19 heteroatoms. The number of carbonyl (C=O) groups excluding carboxylic acids is 4. The van der Waals surface area contributed by atoms with Gasteiger partial charge in [0.25, 0.3) is 0 Å². The van der Waals surface area contributed by atoms with E-state index in [0.717, 1.165) is 95.8 Å². The van der Waals surface area contributed by atoms with Crippen molar-refractivity contribution in [3.63, 3.8) is 0 Å². The number of hydrogen-bond donors (Lipinski definition) is 3. The predicted octanol–water partition coefficient (Wildman–Crippen LogP) is 25.6. The average Bonchev–Trinajstić information content (AvgIpc) is 1.26. The summed E-state index contributed by atoms with van der Waals surface area (Å²) in [7, 11) is -9.92. The summed E-state index contributed by atoms with van der Waals surface area (Å²) in [5, 5.41) is 10.7. The van der Waals surface area contributed by atoms with Crippen LogP contribution in [0.3, 0.4) is 0 Å². The number of rotatable bonds is 84. The second-order valence-corrected chi connectivity index (χ2v) is 33.6. The van der Waals surface area contributed by atoms with Crippen molar-refractivity contribution in [3.8, 4) is 0 Å². The molecule has 103 heavy (non-hydrogen) atoms. The lowest BCUT2D eigenvalue weighted by molar-refractivity contribution is -0.161. The molecule has 0 aromatic rings. The molecule has 0 aliphatic heterocycles. The highest BCUT2D eigenvalue weighted by atomic mass is 31.2. The van der Waals surface area contributed by atoms with Crippen molar-refractivity contribution in [2.45, 2.75) is 470 Å². The molecule has 0 saturated heterocycles. The molecule has 17 nitrogen and oxygen atoms in total. The van der Waals surface area contributed by atoms with Gasteiger partial charge in [0.1, 0.15) is 19.3 Å². The number of phosphoric acid groups is 2. The molecule has 0 aliphatic rings. The molecule has 0 fully saturated rings. The first-order chi connectivity index (χ1) is 50.0. The number of esters is 4. The fraction of sp³-hybridized carbons (Fsp3) is 0.952. The van der Waals surface area contributed by atoms with E-state index in [1.807, 2.05) is 0 Å². The maximum absolute atomic E-state index is 13.1. The topological polar surface area (TPSA) is 237 Å². The molecule has 0 saturated carbocycles. The van der Waals surface area contributed by atoms with Gasteiger partial charge in [-0.05, 0) is 31.6 Å². The summed E-state index contributed by atoms with van der Waals surface area (Å²) in [4.78, 5) is 73.1. The minimum atomic E-state index is -4.96. The second-order valence-electron chi connectivity index (χ2n) is 30.7. The van der Waals surface area contributed by atoms with Gasteiger partial charge in [-0.15, -0.1) is 0 Å². The molecule has 0 rings (SSSR count). The maximum atomic E-state index is 13.1. The quantitative estimate of drug-likeness (QED) is 0.0222. The van der Waals surface area contributed by atoms with Crippen LogP contribution in [0.15, 0.2) is 0 Å². The van der Waals surface area contributed by atoms with Crippen molar-refractivity contribution in [1.29, 1.82) is 0 Å². The number of unbranched alkanes of at least 4 members (excludes halogenated alkanes) is 56. The van der Waals surface area contributed by atoms with E-state index in [9.17, 15) is 43.2 Å². The van der Waals surface area contributed by atoms with Crippen molar-refractivity contribution in [3.05, 3.63) is 0 Å². The van der Waals surface area contributed by atoms with Gasteiger partial charge in [-0.25, -0.2) is 9.13 Å². The maximum Gasteiger partial charge on any atom is 0.472 e. The molecule has 0 aromatic heterocycles. The molecule has 0 radical (unpaired) electrons. The number of phosphoric ester groups is 2. The summed E-state index contributed by atoms with van der Waals surface area (Å²) in [5.74, 6) is -1.38. The molecule has 0 aromatic carbocycles. The summed E-state index contributed by atoms with van der Waals surface area (Å²) < 4.78 is 68.8. The summed E-state index contributed by atoms with van der Waals surface area (Å²) >= 11 is 0. The SMILES string of the molecule is CCCCCCCCCCCCCCCCCCCCCCCC(=O)O[C@H](COC(=O)CCCCCCCCCCCCCCCCCCCC)COP(=O)(O)OC[C@@H](O)COP(=O)(O)OC[C@@H](COC(=O)CCCCCCCCCCC(C)C)OC(=O)CCCCCCCCCCCCCCC. The number of aliphatic hydroxyl groups excluding tert-OH is 1. The third-order valence-corrected chi connectivity index (χ3v) is 21.7. The number of aliphatic hydroxyl groups is 1. The van der Waals surface area contributed by atoms with Gasteiger partial charge < -0.3 is 33.8 Å². The first-order valence-electron chi connectivity index (χ1n) is 43.6. The third-order valence-electron chi connectivity index (χ3n) is 19.8. The van der Waals surface area contributed by atoms with E-state index in [1.165, 1.54) is 276 Å². The van der Waals surface area contributed by atoms with Crippen molar-refractivity contribution < 1.29 is 80.2 Å². The van der Waals surface area contributed by atoms with E-state index in [2.05, 4.69) is 34.6 Å². The fourth-order valence-electron chi connectivity index (χ4n) is 13.1. The van der Waals surface area contributed by atoms with E-state index in [0.29, 0.717) is 25.7 Å². The highest BCUT2D eigenvalue weighted by molar-refractivity contribution is 7.47. The van der Waals surface area contributed by atoms with E-state index in [-0.39, 0.29) is 25.7 Å². The normalized spacial score (nSPS) is 13.8. The van der Waals surface area contributed by atoms with Crippen molar-refractivity contribution >= 4 is 39.5 Å². The fourth-order valence-corrected chi connectivity index (χ4v) is 14.7. The monoisotopic (exact) mass is 1510 g/mol. The average molecular weight is 1510 g/mol. The molecule has 0 amide bonds. The lowest BCUT2D eigenvalue weighted by Gasteiger charge is -2.21. The lowest BCUT2D eigenvalue weighted by Crippen LogP contribution is -2.30. The van der Waals surface area contributed by atoms with Crippen LogP contribution >= 0.6 is 15.6 Å². The molecule has 3 N–H and O–H groups in total. The summed E-state index contributed by atoms with van der Waals surface area (Å²) in [6.07, 6.45) is 69.5. The highest BCUT2D eigenvalue weighted by Gasteiger charge is 2.30. The van der Waals surface area contributed by atoms with Crippen LogP contribution < -0.4 is 0 Å². The Morgan fingerprint density at radius 3 is 0.660 bits per heavy atom. The Kier molecular flexibility index (Phi) is 75.4. The molecule has 0 spiro atoms. The summed E-state index contributed by atoms with van der Waals surface area (Å²) in [5.41, 5.74) is 0. The first-order valence-corrected chi connectivity index (χ1v) is 46.6. The molecule has 0 heterocycles. The van der Waals surface area contributed by atoms with Crippen LogP contribution in [-0.2, 0) is 65.4 Å². The van der Waals surface area contributed by atoms with Crippen molar-refractivity contribution in [1.82, 2.24) is 0 Å². The molecule has 5 atom stereocenters. The van der Waals surface area contributed by atoms with Gasteiger partial charge in [0.2, 0.25) is 0 Å². The zero-order chi connectivity index (χ0) is 75.5. The van der Waals surface area contributed by atoms with Gasteiger partial charge in [-0.1, -0.05) is 401 Å². The Morgan fingerprint density at radius 1 is 0.262 bits per heavy atom. The van der Waals surface area contributed by atoms with Crippen molar-refractivity contribution in [2.75, 3.05) is 39.6 Å². The van der Waals surface area contributed by atoms with Gasteiger partial charge in [-0.3, -0.25) is 37.3 Å². The summed E-state index contributed by atoms with van der Waals surface area (Å²) in [6, 6.07) is 0. The van der Waals surface area contributed by atoms with E-state index >= 15 is 0 Å². The van der Waals surface area contributed by atoms with Crippen molar-refractivity contribution in [2.24, 2.45) is 5.92 Å². The van der Waals surface area contributed by atoms with Crippen LogP contribution in [-0.4, -0.2) is 96.7 Å². The lowest BCUT2D eigenvalue weighted by atomic mass is 10.0. The molecule has 0 aliphatic carbocycles. The largest absolute Gasteiger partial charge is 0.472 e. The van der Waals surface area contributed by atoms with Crippen LogP contribution in [0, 0.1) is 5.92 Å². The minimum Gasteiger partial charge on any atom is -0.462 e. The van der Waals surface area contributed by atoms with Gasteiger partial charge in [-0.2, -0.15) is 0 Å². The zero-order valence-corrected chi connectivity index (χ0v) is 69.3. The second kappa shape index (κ2) is 76.8. The number of hydrogen-bond acceptors (Lipinski definition) is 15. The van der Waals surface area contributed by atoms with Gasteiger partial charge in [0.15, 0.2) is 12.2 Å². The van der Waals surface area contributed by atoms with Crippen LogP contribution in [0.25, 0.3) is 0 Å². The van der Waals surface area contributed by atoms with Gasteiger partial charge >= 0.3 is 39.5 Å². The standard InChI is InChI=1S/C84H164O17P2/c1-6-9-12-15-18-21-24-27-29-31-33-34-35-37-39-42-45-48-55-60-65-70-84(89)100-79(73-94-81(86)67-62-57-52-46-43-41-38-36-32-30-28-25-22-19-16-13-10-7-2)75-98-102(90,91)96-71-78(85)72-97-103(92,93)99-76-80(74-95-82(87)68-63-58-53-50-49-51-56-61-66-77(4)5)101-83(88)69-64-59-54-47-44-40-26-23-20-17-14-11-8-3/h77-80,85H,6-76H2,1-5H3,(H,90,91)(H,92,93)/t78-,79-,80-/m1/s1. The van der Waals surface area contributed by atoms with Gasteiger partial charge in [0.05, 0.1) is 26.4 Å². The Balaban J connectivity index is 5.22. The Morgan fingerprint density at radius 2 is 0.447 bits per heavy atom. The smallest absolute Gasteiger partial charge is 0.462 e. The van der Waals surface area contributed by atoms with E-state index < -0.39 is 97.5 Å². The summed E-state index contributed by atoms with van der Waals surface area (Å²) in [6.45, 7) is 7.31. The van der Waals surface area contributed by atoms with Crippen LogP contribution in [0.1, 0.15) is 452 Å². The minimum absolute atomic E-state index is 0.108. The van der Waals surface area contributed by atoms with E-state index in [1.54, 1.807) is 0 Å². The van der Waals surface area contributed by atoms with Crippen LogP contribution in [0.4, 0.5) is 0 Å². The van der Waals surface area contributed by atoms with Gasteiger partial charge in [0, 0.05) is 25.7 Å². The highest BCUT2D eigenvalue weighted by Crippen LogP contribution is 2.45. The molecule has 2 unspecified atom stereocenters. The third kappa shape index (κ3) is 78.0. The first kappa shape index (κ1) is 101. The number of ether oxygens (including phenoxy) is 4. The van der Waals surface area contributed by atoms with Crippen LogP contribution in [0.5, 0.6) is 0 Å². The van der Waals surface area contributed by atoms with Crippen LogP contribution in [0.2, 0.25) is 0 Å². The molecular weight excluding hydrogens is 1340 g/mol. The number of carbonyl (C=O) groups is 4. The molecular formula is C84H164O17P2. The Hall–Kier alpha value is -1.94. The Bertz CT molecular complexity index is 1960. The zero-order valence-electron chi connectivity index (χ0n) is 67.5.